The number of carbonyl (C=O) groups is 1. The number of hydrogen-bond acceptors (Lipinski definition) is 4. The van der Waals surface area contributed by atoms with Crippen LogP contribution in [-0.4, -0.2) is 54.6 Å². The highest BCUT2D eigenvalue weighted by Crippen LogP contribution is 2.28. The fraction of sp³-hybridized carbons (Fsp3) is 0.550. The Morgan fingerprint density at radius 1 is 1.35 bits per heavy atom. The molecular weight excluding hydrogens is 332 g/mol. The Bertz CT molecular complexity index is 784. The Morgan fingerprint density at radius 2 is 2.12 bits per heavy atom. The van der Waals surface area contributed by atoms with Crippen molar-refractivity contribution in [1.82, 2.24) is 10.3 Å². The van der Waals surface area contributed by atoms with Crippen LogP contribution in [0.25, 0.3) is 10.9 Å². The zero-order chi connectivity index (χ0) is 18.7. The van der Waals surface area contributed by atoms with Gasteiger partial charge in [0, 0.05) is 23.2 Å². The van der Waals surface area contributed by atoms with Gasteiger partial charge in [-0.05, 0) is 43.9 Å². The van der Waals surface area contributed by atoms with Gasteiger partial charge < -0.3 is 24.9 Å². The van der Waals surface area contributed by atoms with Gasteiger partial charge in [0.1, 0.15) is 6.10 Å². The molecule has 3 N–H and O–H groups in total. The fourth-order valence-corrected chi connectivity index (χ4v) is 3.70. The van der Waals surface area contributed by atoms with Gasteiger partial charge in [-0.2, -0.15) is 0 Å². The van der Waals surface area contributed by atoms with E-state index in [1.807, 2.05) is 6.92 Å². The molecule has 2 heterocycles. The first-order valence-corrected chi connectivity index (χ1v) is 9.18. The number of amides is 1. The van der Waals surface area contributed by atoms with Gasteiger partial charge in [-0.1, -0.05) is 12.1 Å². The Balaban J connectivity index is 1.75. The van der Waals surface area contributed by atoms with Gasteiger partial charge in [0.25, 0.3) is 0 Å². The SMILES string of the molecule is Cc1[nH]c2c(C)ccc(C)c2c1CC(=O)NC1CCOCC1OCCO. The summed E-state index contributed by atoms with van der Waals surface area (Å²) in [7, 11) is 0. The van der Waals surface area contributed by atoms with E-state index in [1.165, 1.54) is 11.1 Å². The van der Waals surface area contributed by atoms with E-state index in [0.29, 0.717) is 26.1 Å². The minimum atomic E-state index is -0.215. The number of benzene rings is 1. The van der Waals surface area contributed by atoms with Crippen LogP contribution >= 0.6 is 0 Å². The van der Waals surface area contributed by atoms with Crippen LogP contribution in [0.15, 0.2) is 12.1 Å². The van der Waals surface area contributed by atoms with Crippen LogP contribution in [0.2, 0.25) is 0 Å². The van der Waals surface area contributed by atoms with Gasteiger partial charge in [0.05, 0.1) is 32.3 Å². The van der Waals surface area contributed by atoms with Crippen molar-refractivity contribution in [3.8, 4) is 0 Å². The first-order chi connectivity index (χ1) is 12.5. The van der Waals surface area contributed by atoms with E-state index in [1.54, 1.807) is 0 Å². The maximum atomic E-state index is 12.7. The van der Waals surface area contributed by atoms with Gasteiger partial charge >= 0.3 is 0 Å². The molecule has 3 rings (SSSR count). The summed E-state index contributed by atoms with van der Waals surface area (Å²) in [5.41, 5.74) is 5.56. The minimum Gasteiger partial charge on any atom is -0.394 e. The van der Waals surface area contributed by atoms with Crippen molar-refractivity contribution in [3.05, 3.63) is 34.5 Å². The summed E-state index contributed by atoms with van der Waals surface area (Å²) in [6.45, 7) is 7.43. The van der Waals surface area contributed by atoms with Crippen molar-refractivity contribution in [1.29, 1.82) is 0 Å². The maximum absolute atomic E-state index is 12.7. The first kappa shape index (κ1) is 18.9. The molecule has 1 aromatic heterocycles. The first-order valence-electron chi connectivity index (χ1n) is 9.18. The van der Waals surface area contributed by atoms with Crippen molar-refractivity contribution < 1.29 is 19.4 Å². The maximum Gasteiger partial charge on any atom is 0.224 e. The molecule has 0 spiro atoms. The highest BCUT2D eigenvalue weighted by Gasteiger charge is 2.28. The lowest BCUT2D eigenvalue weighted by atomic mass is 10.00. The molecule has 2 atom stereocenters. The third kappa shape index (κ3) is 3.92. The molecule has 142 valence electrons. The standard InChI is InChI=1S/C20H28N2O4/c1-12-4-5-13(2)20-19(12)15(14(3)21-20)10-18(24)22-16-6-8-25-11-17(16)26-9-7-23/h4-5,16-17,21,23H,6-11H2,1-3H3,(H,22,24). The quantitative estimate of drug-likeness (QED) is 0.735. The average molecular weight is 360 g/mol. The minimum absolute atomic E-state index is 0.0144. The van der Waals surface area contributed by atoms with E-state index < -0.39 is 0 Å². The normalized spacial score (nSPS) is 20.5. The number of nitrogens with one attached hydrogen (secondary N) is 2. The van der Waals surface area contributed by atoms with Crippen LogP contribution in [0.3, 0.4) is 0 Å². The number of aromatic nitrogens is 1. The van der Waals surface area contributed by atoms with Gasteiger partial charge in [0.2, 0.25) is 5.91 Å². The number of aliphatic hydroxyl groups excluding tert-OH is 1. The van der Waals surface area contributed by atoms with Gasteiger partial charge in [-0.15, -0.1) is 0 Å². The van der Waals surface area contributed by atoms with Crippen molar-refractivity contribution >= 4 is 16.8 Å². The van der Waals surface area contributed by atoms with Gasteiger partial charge in [0.15, 0.2) is 0 Å². The molecule has 0 bridgehead atoms. The molecule has 2 unspecified atom stereocenters. The van der Waals surface area contributed by atoms with E-state index in [4.69, 9.17) is 14.6 Å². The van der Waals surface area contributed by atoms with E-state index >= 15 is 0 Å². The van der Waals surface area contributed by atoms with Crippen LogP contribution in [0, 0.1) is 20.8 Å². The van der Waals surface area contributed by atoms with Crippen LogP contribution in [0.1, 0.15) is 28.8 Å². The lowest BCUT2D eigenvalue weighted by Crippen LogP contribution is -2.50. The molecule has 1 saturated heterocycles. The number of ether oxygens (including phenoxy) is 2. The predicted octanol–water partition coefficient (Wildman–Crippen LogP) is 1.92. The molecule has 6 nitrogen and oxygen atoms in total. The molecule has 1 aromatic carbocycles. The molecule has 0 saturated carbocycles. The number of rotatable bonds is 6. The Kier molecular flexibility index (Phi) is 5.96. The molecular formula is C20H28N2O4. The van der Waals surface area contributed by atoms with Crippen LogP contribution in [0.5, 0.6) is 0 Å². The van der Waals surface area contributed by atoms with E-state index in [2.05, 4.69) is 36.3 Å². The molecule has 1 aliphatic rings. The monoisotopic (exact) mass is 360 g/mol. The molecule has 0 aliphatic carbocycles. The zero-order valence-corrected chi connectivity index (χ0v) is 15.7. The topological polar surface area (TPSA) is 83.6 Å². The lowest BCUT2D eigenvalue weighted by Gasteiger charge is -2.32. The van der Waals surface area contributed by atoms with Crippen LogP contribution in [-0.2, 0) is 20.7 Å². The largest absolute Gasteiger partial charge is 0.394 e. The number of aliphatic hydroxyl groups is 1. The molecule has 1 fully saturated rings. The van der Waals surface area contributed by atoms with Gasteiger partial charge in [-0.3, -0.25) is 4.79 Å². The van der Waals surface area contributed by atoms with Crippen LogP contribution < -0.4 is 5.32 Å². The smallest absolute Gasteiger partial charge is 0.224 e. The molecule has 6 heteroatoms. The third-order valence-electron chi connectivity index (χ3n) is 5.10. The predicted molar refractivity (Wildman–Crippen MR) is 100 cm³/mol. The van der Waals surface area contributed by atoms with Crippen molar-refractivity contribution in [2.24, 2.45) is 0 Å². The summed E-state index contributed by atoms with van der Waals surface area (Å²) in [6, 6.07) is 4.11. The van der Waals surface area contributed by atoms with Gasteiger partial charge in [-0.25, -0.2) is 0 Å². The molecule has 0 radical (unpaired) electrons. The lowest BCUT2D eigenvalue weighted by molar-refractivity contribution is -0.125. The summed E-state index contributed by atoms with van der Waals surface area (Å²) >= 11 is 0. The molecule has 1 aliphatic heterocycles. The highest BCUT2D eigenvalue weighted by molar-refractivity contribution is 5.93. The van der Waals surface area contributed by atoms with E-state index in [0.717, 1.165) is 22.2 Å². The zero-order valence-electron chi connectivity index (χ0n) is 15.7. The summed E-state index contributed by atoms with van der Waals surface area (Å²) < 4.78 is 11.1. The van der Waals surface area contributed by atoms with Crippen LogP contribution in [0.4, 0.5) is 0 Å². The Hall–Kier alpha value is -1.89. The second-order valence-corrected chi connectivity index (χ2v) is 7.03. The highest BCUT2D eigenvalue weighted by atomic mass is 16.5. The Labute approximate surface area is 153 Å². The second kappa shape index (κ2) is 8.20. The number of hydrogen-bond donors (Lipinski definition) is 3. The fourth-order valence-electron chi connectivity index (χ4n) is 3.70. The van der Waals surface area contributed by atoms with E-state index in [9.17, 15) is 4.79 Å². The molecule has 2 aromatic rings. The molecule has 26 heavy (non-hydrogen) atoms. The summed E-state index contributed by atoms with van der Waals surface area (Å²) in [5.74, 6) is -0.0144. The van der Waals surface area contributed by atoms with Crippen molar-refractivity contribution in [2.45, 2.75) is 45.8 Å². The molecule has 1 amide bonds. The summed E-state index contributed by atoms with van der Waals surface area (Å²) in [6.07, 6.45) is 0.834. The number of H-pyrrole nitrogens is 1. The van der Waals surface area contributed by atoms with Crippen molar-refractivity contribution in [3.63, 3.8) is 0 Å². The number of fused-ring (bicyclic) bond motifs is 1. The van der Waals surface area contributed by atoms with Crippen molar-refractivity contribution in [2.75, 3.05) is 26.4 Å². The number of aromatic amines is 1. The summed E-state index contributed by atoms with van der Waals surface area (Å²) in [5, 5.41) is 13.2. The second-order valence-electron chi connectivity index (χ2n) is 7.03. The Morgan fingerprint density at radius 3 is 2.88 bits per heavy atom. The van der Waals surface area contributed by atoms with E-state index in [-0.39, 0.29) is 31.3 Å². The number of aryl methyl sites for hydroxylation is 3. The number of carbonyl (C=O) groups excluding carboxylic acids is 1. The average Bonchev–Trinajstić information content (AvgIpc) is 2.95. The third-order valence-corrected chi connectivity index (χ3v) is 5.10. The summed E-state index contributed by atoms with van der Waals surface area (Å²) in [4.78, 5) is 16.1.